The number of halogens is 3. The van der Waals surface area contributed by atoms with Gasteiger partial charge in [-0.25, -0.2) is 0 Å². The van der Waals surface area contributed by atoms with Crippen molar-refractivity contribution in [1.82, 2.24) is 4.90 Å². The van der Waals surface area contributed by atoms with Crippen molar-refractivity contribution in [2.24, 2.45) is 0 Å². The molecule has 1 aromatic rings. The summed E-state index contributed by atoms with van der Waals surface area (Å²) in [6.07, 6.45) is -2.29. The second kappa shape index (κ2) is 5.91. The molecule has 2 rings (SSSR count). The molecule has 3 nitrogen and oxygen atoms in total. The molecule has 0 aliphatic carbocycles. The molecular formula is C14H19F3N2O. The van der Waals surface area contributed by atoms with Crippen molar-refractivity contribution in [1.29, 1.82) is 0 Å². The standard InChI is InChI=1S/C14H19F3N2O/c1-2-19-5-3-4-12(19)9-20-13-7-10(14(15,16)17)6-11(18)8-13/h6-8,12H,2-5,9,18H2,1H3. The maximum absolute atomic E-state index is 12.7. The molecule has 1 aromatic carbocycles. The minimum absolute atomic E-state index is 0.0635. The summed E-state index contributed by atoms with van der Waals surface area (Å²) in [5.41, 5.74) is 4.79. The van der Waals surface area contributed by atoms with E-state index in [0.29, 0.717) is 6.61 Å². The number of nitrogen functional groups attached to an aromatic ring is 1. The fourth-order valence-electron chi connectivity index (χ4n) is 2.56. The van der Waals surface area contributed by atoms with Gasteiger partial charge in [0.1, 0.15) is 12.4 Å². The van der Waals surface area contributed by atoms with Gasteiger partial charge in [0.2, 0.25) is 0 Å². The van der Waals surface area contributed by atoms with Gasteiger partial charge in [0.05, 0.1) is 5.56 Å². The van der Waals surface area contributed by atoms with Crippen molar-refractivity contribution in [2.45, 2.75) is 32.0 Å². The summed E-state index contributed by atoms with van der Waals surface area (Å²) < 4.78 is 43.6. The molecule has 1 aliphatic heterocycles. The monoisotopic (exact) mass is 288 g/mol. The molecule has 1 saturated heterocycles. The number of rotatable bonds is 4. The zero-order chi connectivity index (χ0) is 14.8. The lowest BCUT2D eigenvalue weighted by molar-refractivity contribution is -0.137. The Balaban J connectivity index is 2.04. The summed E-state index contributed by atoms with van der Waals surface area (Å²) in [6.45, 7) is 4.42. The number of ether oxygens (including phenoxy) is 1. The molecule has 1 fully saturated rings. The maximum Gasteiger partial charge on any atom is 0.416 e. The largest absolute Gasteiger partial charge is 0.492 e. The first-order valence-electron chi connectivity index (χ1n) is 6.74. The third kappa shape index (κ3) is 3.56. The number of anilines is 1. The first-order valence-corrected chi connectivity index (χ1v) is 6.74. The van der Waals surface area contributed by atoms with Crippen LogP contribution in [0.1, 0.15) is 25.3 Å². The van der Waals surface area contributed by atoms with E-state index in [1.165, 1.54) is 6.07 Å². The summed E-state index contributed by atoms with van der Waals surface area (Å²) in [6, 6.07) is 3.62. The summed E-state index contributed by atoms with van der Waals surface area (Å²) in [5, 5.41) is 0. The Morgan fingerprint density at radius 2 is 2.10 bits per heavy atom. The fraction of sp³-hybridized carbons (Fsp3) is 0.571. The van der Waals surface area contributed by atoms with Gasteiger partial charge >= 0.3 is 6.18 Å². The SMILES string of the molecule is CCN1CCCC1COc1cc(N)cc(C(F)(F)F)c1. The maximum atomic E-state index is 12.7. The lowest BCUT2D eigenvalue weighted by Crippen LogP contribution is -2.33. The number of hydrogen-bond donors (Lipinski definition) is 1. The minimum atomic E-state index is -4.41. The van der Waals surface area contributed by atoms with Crippen LogP contribution in [0.3, 0.4) is 0 Å². The van der Waals surface area contributed by atoms with Crippen LogP contribution in [0.15, 0.2) is 18.2 Å². The number of nitrogens with zero attached hydrogens (tertiary/aromatic N) is 1. The predicted octanol–water partition coefficient (Wildman–Crippen LogP) is 3.15. The molecule has 0 spiro atoms. The van der Waals surface area contributed by atoms with E-state index in [0.717, 1.165) is 38.1 Å². The zero-order valence-corrected chi connectivity index (χ0v) is 11.4. The molecule has 1 heterocycles. The number of nitrogens with two attached hydrogens (primary N) is 1. The van der Waals surface area contributed by atoms with E-state index in [1.807, 2.05) is 0 Å². The normalized spacial score (nSPS) is 20.3. The molecule has 0 saturated carbocycles. The quantitative estimate of drug-likeness (QED) is 0.865. The molecule has 0 amide bonds. The fourth-order valence-corrected chi connectivity index (χ4v) is 2.56. The summed E-state index contributed by atoms with van der Waals surface area (Å²) in [5.74, 6) is 0.181. The van der Waals surface area contributed by atoms with Crippen molar-refractivity contribution in [2.75, 3.05) is 25.4 Å². The third-order valence-corrected chi connectivity index (χ3v) is 3.60. The van der Waals surface area contributed by atoms with Gasteiger partial charge in [-0.15, -0.1) is 0 Å². The molecule has 2 N–H and O–H groups in total. The molecule has 0 radical (unpaired) electrons. The van der Waals surface area contributed by atoms with Gasteiger partial charge in [0.15, 0.2) is 0 Å². The Morgan fingerprint density at radius 1 is 1.35 bits per heavy atom. The highest BCUT2D eigenvalue weighted by atomic mass is 19.4. The highest BCUT2D eigenvalue weighted by Gasteiger charge is 2.31. The highest BCUT2D eigenvalue weighted by Crippen LogP contribution is 2.33. The van der Waals surface area contributed by atoms with E-state index in [4.69, 9.17) is 10.5 Å². The lowest BCUT2D eigenvalue weighted by Gasteiger charge is -2.23. The van der Waals surface area contributed by atoms with Crippen LogP contribution in [0, 0.1) is 0 Å². The van der Waals surface area contributed by atoms with E-state index in [9.17, 15) is 13.2 Å². The van der Waals surface area contributed by atoms with Crippen molar-refractivity contribution < 1.29 is 17.9 Å². The number of likely N-dealkylation sites (tertiary alicyclic amines) is 1. The molecule has 6 heteroatoms. The average Bonchev–Trinajstić information content (AvgIpc) is 2.82. The van der Waals surface area contributed by atoms with Gasteiger partial charge in [-0.05, 0) is 38.1 Å². The molecule has 1 unspecified atom stereocenters. The van der Waals surface area contributed by atoms with Gasteiger partial charge in [-0.3, -0.25) is 4.90 Å². The predicted molar refractivity (Wildman–Crippen MR) is 71.6 cm³/mol. The molecule has 1 atom stereocenters. The number of benzene rings is 1. The number of likely N-dealkylation sites (N-methyl/N-ethyl adjacent to an activating group) is 1. The molecule has 20 heavy (non-hydrogen) atoms. The summed E-state index contributed by atoms with van der Waals surface area (Å²) in [7, 11) is 0. The van der Waals surface area contributed by atoms with Gasteiger partial charge in [0.25, 0.3) is 0 Å². The van der Waals surface area contributed by atoms with Crippen molar-refractivity contribution in [3.63, 3.8) is 0 Å². The second-order valence-electron chi connectivity index (χ2n) is 5.02. The van der Waals surface area contributed by atoms with Crippen molar-refractivity contribution in [3.05, 3.63) is 23.8 Å². The number of alkyl halides is 3. The van der Waals surface area contributed by atoms with Crippen molar-refractivity contribution >= 4 is 5.69 Å². The summed E-state index contributed by atoms with van der Waals surface area (Å²) >= 11 is 0. The minimum Gasteiger partial charge on any atom is -0.492 e. The van der Waals surface area contributed by atoms with E-state index in [1.54, 1.807) is 0 Å². The smallest absolute Gasteiger partial charge is 0.416 e. The van der Waals surface area contributed by atoms with Crippen LogP contribution in [-0.4, -0.2) is 30.6 Å². The van der Waals surface area contributed by atoms with E-state index >= 15 is 0 Å². The Hall–Kier alpha value is -1.43. The first-order chi connectivity index (χ1) is 9.40. The van der Waals surface area contributed by atoms with Crippen molar-refractivity contribution in [3.8, 4) is 5.75 Å². The Kier molecular flexibility index (Phi) is 4.42. The van der Waals surface area contributed by atoms with Crippen LogP contribution in [0.5, 0.6) is 5.75 Å². The molecule has 0 bridgehead atoms. The molecule has 112 valence electrons. The Labute approximate surface area is 116 Å². The molecule has 0 aromatic heterocycles. The molecule has 1 aliphatic rings. The van der Waals surface area contributed by atoms with Crippen LogP contribution in [0.4, 0.5) is 18.9 Å². The van der Waals surface area contributed by atoms with Gasteiger partial charge in [-0.2, -0.15) is 13.2 Å². The van der Waals surface area contributed by atoms with Crippen LogP contribution in [0.25, 0.3) is 0 Å². The zero-order valence-electron chi connectivity index (χ0n) is 11.4. The second-order valence-corrected chi connectivity index (χ2v) is 5.02. The van der Waals surface area contributed by atoms with E-state index in [-0.39, 0.29) is 17.5 Å². The third-order valence-electron chi connectivity index (χ3n) is 3.60. The number of hydrogen-bond acceptors (Lipinski definition) is 3. The van der Waals surface area contributed by atoms with Crippen LogP contribution >= 0.6 is 0 Å². The van der Waals surface area contributed by atoms with Gasteiger partial charge in [-0.1, -0.05) is 6.92 Å². The Morgan fingerprint density at radius 3 is 2.75 bits per heavy atom. The van der Waals surface area contributed by atoms with Crippen LogP contribution in [0.2, 0.25) is 0 Å². The van der Waals surface area contributed by atoms with Crippen LogP contribution in [-0.2, 0) is 6.18 Å². The van der Waals surface area contributed by atoms with E-state index in [2.05, 4.69) is 11.8 Å². The lowest BCUT2D eigenvalue weighted by atomic mass is 10.2. The highest BCUT2D eigenvalue weighted by molar-refractivity contribution is 5.48. The first kappa shape index (κ1) is 15.0. The van der Waals surface area contributed by atoms with Gasteiger partial charge < -0.3 is 10.5 Å². The molecular weight excluding hydrogens is 269 g/mol. The Bertz CT molecular complexity index is 462. The van der Waals surface area contributed by atoms with Crippen LogP contribution < -0.4 is 10.5 Å². The van der Waals surface area contributed by atoms with E-state index < -0.39 is 11.7 Å². The average molecular weight is 288 g/mol. The van der Waals surface area contributed by atoms with Gasteiger partial charge in [0, 0.05) is 17.8 Å². The summed E-state index contributed by atoms with van der Waals surface area (Å²) in [4.78, 5) is 2.27. The topological polar surface area (TPSA) is 38.5 Å².